The lowest BCUT2D eigenvalue weighted by atomic mass is 10.0. The second-order valence-electron chi connectivity index (χ2n) is 7.83. The summed E-state index contributed by atoms with van der Waals surface area (Å²) in [5.74, 6) is -1.03. The molecule has 0 aliphatic heterocycles. The molecule has 3 aromatic rings. The first-order valence-electron chi connectivity index (χ1n) is 10.6. The Labute approximate surface area is 202 Å². The third-order valence-corrected chi connectivity index (χ3v) is 6.25. The molecule has 0 radical (unpaired) electrons. The summed E-state index contributed by atoms with van der Waals surface area (Å²) in [4.78, 5) is 36.8. The number of rotatable bonds is 11. The number of hydrogen-bond donors (Lipinski definition) is 4. The van der Waals surface area contributed by atoms with E-state index in [1.807, 2.05) is 0 Å². The molecular weight excluding hydrogens is 470 g/mol. The molecule has 5 N–H and O–H groups in total. The van der Waals surface area contributed by atoms with Crippen LogP contribution in [0.25, 0.3) is 0 Å². The normalized spacial score (nSPS) is 11.9. The number of sulfonamides is 1. The number of anilines is 1. The Morgan fingerprint density at radius 3 is 2.46 bits per heavy atom. The molecule has 11 heteroatoms. The number of carbonyl (C=O) groups excluding carboxylic acids is 2. The molecule has 0 saturated carbocycles. The van der Waals surface area contributed by atoms with E-state index in [0.717, 1.165) is 4.57 Å². The molecule has 1 aromatic heterocycles. The second-order valence-corrected chi connectivity index (χ2v) is 9.55. The fourth-order valence-electron chi connectivity index (χ4n) is 3.40. The van der Waals surface area contributed by atoms with Crippen LogP contribution in [0, 0.1) is 5.41 Å². The molecule has 0 aliphatic carbocycles. The van der Waals surface area contributed by atoms with E-state index in [4.69, 9.17) is 11.1 Å². The first-order valence-corrected chi connectivity index (χ1v) is 12.2. The van der Waals surface area contributed by atoms with Gasteiger partial charge in [0.15, 0.2) is 0 Å². The maximum absolute atomic E-state index is 12.7. The van der Waals surface area contributed by atoms with Crippen molar-refractivity contribution in [3.05, 3.63) is 100.0 Å². The number of amides is 1. The summed E-state index contributed by atoms with van der Waals surface area (Å²) in [6, 6.07) is 17.2. The zero-order valence-corrected chi connectivity index (χ0v) is 19.5. The van der Waals surface area contributed by atoms with Crippen molar-refractivity contribution < 1.29 is 18.0 Å². The first kappa shape index (κ1) is 25.4. The number of hydrogen-bond acceptors (Lipinski definition) is 6. The van der Waals surface area contributed by atoms with Crippen LogP contribution < -0.4 is 21.3 Å². The number of benzene rings is 2. The molecule has 0 saturated heterocycles. The molecule has 3 rings (SSSR count). The number of aldehydes is 1. The highest BCUT2D eigenvalue weighted by atomic mass is 32.2. The molecule has 35 heavy (non-hydrogen) atoms. The number of amidine groups is 1. The summed E-state index contributed by atoms with van der Waals surface area (Å²) in [7, 11) is -3.86. The molecule has 0 bridgehead atoms. The van der Waals surface area contributed by atoms with Crippen molar-refractivity contribution >= 4 is 33.7 Å². The molecule has 0 aliphatic rings. The van der Waals surface area contributed by atoms with Gasteiger partial charge in [-0.05, 0) is 35.7 Å². The topological polar surface area (TPSA) is 164 Å². The van der Waals surface area contributed by atoms with E-state index in [9.17, 15) is 22.8 Å². The van der Waals surface area contributed by atoms with Gasteiger partial charge in [0.2, 0.25) is 15.9 Å². The fraction of sp³-hybridized carbons (Fsp3) is 0.167. The number of nitrogens with one attached hydrogen (secondary N) is 3. The van der Waals surface area contributed by atoms with Crippen LogP contribution in [0.2, 0.25) is 0 Å². The van der Waals surface area contributed by atoms with Gasteiger partial charge < -0.3 is 20.4 Å². The highest BCUT2D eigenvalue weighted by Gasteiger charge is 2.17. The predicted molar refractivity (Wildman–Crippen MR) is 133 cm³/mol. The Kier molecular flexibility index (Phi) is 8.16. The molecule has 10 nitrogen and oxygen atoms in total. The van der Waals surface area contributed by atoms with Gasteiger partial charge >= 0.3 is 0 Å². The highest BCUT2D eigenvalue weighted by Crippen LogP contribution is 2.10. The zero-order valence-electron chi connectivity index (χ0n) is 18.7. The van der Waals surface area contributed by atoms with Gasteiger partial charge in [-0.1, -0.05) is 48.5 Å². The Balaban J connectivity index is 1.66. The van der Waals surface area contributed by atoms with Crippen molar-refractivity contribution in [1.82, 2.24) is 9.88 Å². The van der Waals surface area contributed by atoms with E-state index in [0.29, 0.717) is 23.0 Å². The maximum atomic E-state index is 12.7. The van der Waals surface area contributed by atoms with Crippen molar-refractivity contribution in [1.29, 1.82) is 5.41 Å². The Morgan fingerprint density at radius 2 is 1.77 bits per heavy atom. The van der Waals surface area contributed by atoms with Crippen LogP contribution in [-0.4, -0.2) is 37.1 Å². The van der Waals surface area contributed by atoms with Crippen molar-refractivity contribution in [3.8, 4) is 0 Å². The van der Waals surface area contributed by atoms with Crippen molar-refractivity contribution in [2.75, 3.05) is 4.72 Å². The van der Waals surface area contributed by atoms with E-state index >= 15 is 0 Å². The van der Waals surface area contributed by atoms with Gasteiger partial charge in [0.1, 0.15) is 24.4 Å². The van der Waals surface area contributed by atoms with Crippen LogP contribution in [0.4, 0.5) is 5.69 Å². The highest BCUT2D eigenvalue weighted by molar-refractivity contribution is 7.91. The van der Waals surface area contributed by atoms with Crippen LogP contribution >= 0.6 is 0 Å². The SMILES string of the molecule is N=C(N)c1cccc(CC(C=O)NC(=O)Cn2cccc(NS(=O)(=O)Cc3ccccc3)c2=O)c1. The quantitative estimate of drug-likeness (QED) is 0.176. The van der Waals surface area contributed by atoms with Gasteiger partial charge in [0.25, 0.3) is 5.56 Å². The van der Waals surface area contributed by atoms with Gasteiger partial charge in [-0.3, -0.25) is 19.7 Å². The van der Waals surface area contributed by atoms with Crippen LogP contribution in [0.1, 0.15) is 16.7 Å². The summed E-state index contributed by atoms with van der Waals surface area (Å²) >= 11 is 0. The first-order chi connectivity index (χ1) is 16.7. The average Bonchev–Trinajstić information content (AvgIpc) is 2.81. The van der Waals surface area contributed by atoms with E-state index in [1.165, 1.54) is 18.3 Å². The molecular formula is C24H25N5O5S. The summed E-state index contributed by atoms with van der Waals surface area (Å²) < 4.78 is 28.3. The smallest absolute Gasteiger partial charge is 0.275 e. The molecule has 182 valence electrons. The van der Waals surface area contributed by atoms with Gasteiger partial charge in [-0.15, -0.1) is 0 Å². The van der Waals surface area contributed by atoms with Crippen molar-refractivity contribution in [2.45, 2.75) is 24.8 Å². The number of nitrogen functional groups attached to an aromatic ring is 1. The van der Waals surface area contributed by atoms with Gasteiger partial charge in [-0.2, -0.15) is 0 Å². The number of carbonyl (C=O) groups is 2. The molecule has 1 unspecified atom stereocenters. The minimum Gasteiger partial charge on any atom is -0.384 e. The lowest BCUT2D eigenvalue weighted by Crippen LogP contribution is -2.41. The fourth-order valence-corrected chi connectivity index (χ4v) is 4.59. The Hall–Kier alpha value is -4.25. The van der Waals surface area contributed by atoms with Crippen LogP contribution in [-0.2, 0) is 38.3 Å². The molecule has 0 fully saturated rings. The number of pyridine rings is 1. The van der Waals surface area contributed by atoms with Crippen LogP contribution in [0.15, 0.2) is 77.7 Å². The molecule has 1 atom stereocenters. The molecule has 0 spiro atoms. The van der Waals surface area contributed by atoms with Gasteiger partial charge in [-0.25, -0.2) is 8.42 Å². The predicted octanol–water partition coefficient (Wildman–Crippen LogP) is 1.00. The lowest BCUT2D eigenvalue weighted by Gasteiger charge is -2.15. The summed E-state index contributed by atoms with van der Waals surface area (Å²) in [6.45, 7) is -0.412. The Morgan fingerprint density at radius 1 is 1.06 bits per heavy atom. The van der Waals surface area contributed by atoms with Gasteiger partial charge in [0.05, 0.1) is 11.8 Å². The molecule has 1 heterocycles. The summed E-state index contributed by atoms with van der Waals surface area (Å²) in [5.41, 5.74) is 6.35. The summed E-state index contributed by atoms with van der Waals surface area (Å²) in [6.07, 6.45) is 2.10. The number of nitrogens with zero attached hydrogens (tertiary/aromatic N) is 1. The van der Waals surface area contributed by atoms with Crippen molar-refractivity contribution in [3.63, 3.8) is 0 Å². The van der Waals surface area contributed by atoms with E-state index in [-0.39, 0.29) is 23.7 Å². The monoisotopic (exact) mass is 495 g/mol. The third-order valence-electron chi connectivity index (χ3n) is 5.00. The number of aromatic nitrogens is 1. The van der Waals surface area contributed by atoms with E-state index < -0.39 is 34.1 Å². The van der Waals surface area contributed by atoms with Gasteiger partial charge in [0, 0.05) is 11.8 Å². The maximum Gasteiger partial charge on any atom is 0.275 e. The van der Waals surface area contributed by atoms with E-state index in [2.05, 4.69) is 10.0 Å². The Bertz CT molecular complexity index is 1390. The number of nitrogens with two attached hydrogens (primary N) is 1. The standard InChI is InChI=1S/C24H25N5O5S/c25-23(26)19-9-4-8-18(12-19)13-20(15-30)27-22(31)14-29-11-5-10-21(24(29)32)28-35(33,34)16-17-6-2-1-3-7-17/h1-12,15,20,28H,13-14,16H2,(H3,25,26)(H,27,31). The van der Waals surface area contributed by atoms with Crippen LogP contribution in [0.3, 0.4) is 0 Å². The van der Waals surface area contributed by atoms with Crippen molar-refractivity contribution in [2.24, 2.45) is 5.73 Å². The average molecular weight is 496 g/mol. The molecule has 1 amide bonds. The summed E-state index contributed by atoms with van der Waals surface area (Å²) in [5, 5.41) is 10.1. The minimum absolute atomic E-state index is 0.114. The lowest BCUT2D eigenvalue weighted by molar-refractivity contribution is -0.124. The molecule has 2 aromatic carbocycles. The van der Waals surface area contributed by atoms with E-state index in [1.54, 1.807) is 54.6 Å². The zero-order chi connectivity index (χ0) is 25.4. The minimum atomic E-state index is -3.86. The largest absolute Gasteiger partial charge is 0.384 e. The van der Waals surface area contributed by atoms with Crippen LogP contribution in [0.5, 0.6) is 0 Å². The second kappa shape index (κ2) is 11.3. The third kappa shape index (κ3) is 7.37.